The Kier molecular flexibility index (Phi) is 5.38. The van der Waals surface area contributed by atoms with E-state index < -0.39 is 0 Å². The minimum absolute atomic E-state index is 0.154. The monoisotopic (exact) mass is 243 g/mol. The largest absolute Gasteiger partial charge is 0.465 e. The fraction of sp³-hybridized carbons (Fsp3) is 0.636. The van der Waals surface area contributed by atoms with Gasteiger partial charge in [-0.25, -0.2) is 0 Å². The van der Waals surface area contributed by atoms with Crippen LogP contribution < -0.4 is 0 Å². The van der Waals surface area contributed by atoms with Gasteiger partial charge < -0.3 is 9.26 Å². The van der Waals surface area contributed by atoms with Crippen LogP contribution in [0, 0.1) is 13.8 Å². The lowest BCUT2D eigenvalue weighted by molar-refractivity contribution is -0.140. The second-order valence-corrected chi connectivity index (χ2v) is 4.50. The molecular formula is C11H17NO3S. The number of carbonyl (C=O) groups excluding carboxylic acids is 1. The van der Waals surface area contributed by atoms with Gasteiger partial charge in [0.25, 0.3) is 0 Å². The van der Waals surface area contributed by atoms with E-state index in [1.165, 1.54) is 11.8 Å². The van der Waals surface area contributed by atoms with Crippen LogP contribution >= 0.6 is 11.8 Å². The van der Waals surface area contributed by atoms with Gasteiger partial charge in [0.2, 0.25) is 0 Å². The van der Waals surface area contributed by atoms with Gasteiger partial charge in [-0.05, 0) is 20.3 Å². The highest BCUT2D eigenvalue weighted by molar-refractivity contribution is 7.99. The normalized spacial score (nSPS) is 10.4. The van der Waals surface area contributed by atoms with E-state index in [2.05, 4.69) is 5.16 Å². The number of ether oxygens (including phenoxy) is 1. The summed E-state index contributed by atoms with van der Waals surface area (Å²) in [6, 6.07) is 0. The van der Waals surface area contributed by atoms with Crippen LogP contribution in [0.5, 0.6) is 0 Å². The number of esters is 1. The van der Waals surface area contributed by atoms with Crippen molar-refractivity contribution in [2.24, 2.45) is 0 Å². The minimum Gasteiger partial charge on any atom is -0.465 e. The quantitative estimate of drug-likeness (QED) is 0.718. The predicted molar refractivity (Wildman–Crippen MR) is 63.4 cm³/mol. The molecule has 0 spiro atoms. The van der Waals surface area contributed by atoms with Crippen molar-refractivity contribution in [3.8, 4) is 0 Å². The molecular weight excluding hydrogens is 226 g/mol. The highest BCUT2D eigenvalue weighted by Crippen LogP contribution is 2.19. The lowest BCUT2D eigenvalue weighted by Crippen LogP contribution is -2.08. The second-order valence-electron chi connectivity index (χ2n) is 3.52. The highest BCUT2D eigenvalue weighted by Gasteiger charge is 2.10. The Morgan fingerprint density at radius 2 is 2.25 bits per heavy atom. The molecule has 0 atom stereocenters. The summed E-state index contributed by atoms with van der Waals surface area (Å²) in [5.74, 6) is 1.79. The van der Waals surface area contributed by atoms with Gasteiger partial charge in [-0.3, -0.25) is 4.79 Å². The van der Waals surface area contributed by atoms with Crippen molar-refractivity contribution in [3.05, 3.63) is 17.0 Å². The first kappa shape index (κ1) is 13.1. The van der Waals surface area contributed by atoms with Gasteiger partial charge in [-0.15, -0.1) is 11.8 Å². The molecule has 0 amide bonds. The van der Waals surface area contributed by atoms with E-state index in [0.717, 1.165) is 29.2 Å². The predicted octanol–water partition coefficient (Wildman–Crippen LogP) is 2.48. The average molecular weight is 243 g/mol. The molecule has 4 nitrogen and oxygen atoms in total. The van der Waals surface area contributed by atoms with Crippen molar-refractivity contribution in [3.63, 3.8) is 0 Å². The van der Waals surface area contributed by atoms with Crippen LogP contribution in [0.2, 0.25) is 0 Å². The van der Waals surface area contributed by atoms with Crippen molar-refractivity contribution in [2.75, 3.05) is 12.4 Å². The Balaban J connectivity index is 2.28. The van der Waals surface area contributed by atoms with Gasteiger partial charge >= 0.3 is 5.97 Å². The first-order valence-corrected chi connectivity index (χ1v) is 6.45. The maximum absolute atomic E-state index is 11.2. The summed E-state index contributed by atoms with van der Waals surface area (Å²) in [5, 5.41) is 3.86. The summed E-state index contributed by atoms with van der Waals surface area (Å²) in [4.78, 5) is 11.2. The molecule has 5 heteroatoms. The second kappa shape index (κ2) is 6.58. The molecule has 0 aliphatic carbocycles. The zero-order valence-corrected chi connectivity index (χ0v) is 10.7. The molecule has 1 heterocycles. The van der Waals surface area contributed by atoms with E-state index in [9.17, 15) is 4.79 Å². The van der Waals surface area contributed by atoms with Gasteiger partial charge in [-0.2, -0.15) is 0 Å². The molecule has 0 aliphatic heterocycles. The standard InChI is InChI=1S/C11H17NO3S/c1-4-5-14-11(13)7-16-6-10-8(2)12-15-9(10)3/h4-7H2,1-3H3. The van der Waals surface area contributed by atoms with Crippen LogP contribution in [0.15, 0.2) is 4.52 Å². The van der Waals surface area contributed by atoms with Crippen molar-refractivity contribution in [1.82, 2.24) is 5.16 Å². The van der Waals surface area contributed by atoms with Crippen LogP contribution in [0.3, 0.4) is 0 Å². The van der Waals surface area contributed by atoms with Crippen LogP contribution in [0.4, 0.5) is 0 Å². The lowest BCUT2D eigenvalue weighted by atomic mass is 10.2. The summed E-state index contributed by atoms with van der Waals surface area (Å²) in [6.07, 6.45) is 0.861. The van der Waals surface area contributed by atoms with Gasteiger partial charge in [-0.1, -0.05) is 12.1 Å². The molecule has 0 aliphatic rings. The summed E-state index contributed by atoms with van der Waals surface area (Å²) >= 11 is 1.52. The van der Waals surface area contributed by atoms with Crippen molar-refractivity contribution >= 4 is 17.7 Å². The Bertz CT molecular complexity index is 329. The smallest absolute Gasteiger partial charge is 0.315 e. The third-order valence-corrected chi connectivity index (χ3v) is 3.05. The molecule has 0 unspecified atom stereocenters. The van der Waals surface area contributed by atoms with Crippen molar-refractivity contribution < 1.29 is 14.1 Å². The third kappa shape index (κ3) is 3.89. The van der Waals surface area contributed by atoms with E-state index in [0.29, 0.717) is 12.4 Å². The molecule has 16 heavy (non-hydrogen) atoms. The number of rotatable bonds is 6. The summed E-state index contributed by atoms with van der Waals surface area (Å²) in [6.45, 7) is 6.27. The van der Waals surface area contributed by atoms with E-state index in [1.54, 1.807) is 0 Å². The molecule has 1 aromatic heterocycles. The van der Waals surface area contributed by atoms with E-state index in [-0.39, 0.29) is 5.97 Å². The highest BCUT2D eigenvalue weighted by atomic mass is 32.2. The molecule has 0 fully saturated rings. The van der Waals surface area contributed by atoms with Gasteiger partial charge in [0.1, 0.15) is 5.76 Å². The summed E-state index contributed by atoms with van der Waals surface area (Å²) < 4.78 is 10.0. The first-order valence-electron chi connectivity index (χ1n) is 5.30. The summed E-state index contributed by atoms with van der Waals surface area (Å²) in [7, 11) is 0. The zero-order valence-electron chi connectivity index (χ0n) is 9.91. The Morgan fingerprint density at radius 3 is 2.81 bits per heavy atom. The Morgan fingerprint density at radius 1 is 1.50 bits per heavy atom. The molecule has 0 N–H and O–H groups in total. The maximum Gasteiger partial charge on any atom is 0.315 e. The molecule has 0 saturated heterocycles. The Hall–Kier alpha value is -0.970. The number of hydrogen-bond donors (Lipinski definition) is 0. The van der Waals surface area contributed by atoms with Crippen molar-refractivity contribution in [1.29, 1.82) is 0 Å². The van der Waals surface area contributed by atoms with Crippen LogP contribution in [-0.4, -0.2) is 23.5 Å². The summed E-state index contributed by atoms with van der Waals surface area (Å²) in [5.41, 5.74) is 1.97. The fourth-order valence-electron chi connectivity index (χ4n) is 1.20. The SMILES string of the molecule is CCCOC(=O)CSCc1c(C)noc1C. The maximum atomic E-state index is 11.2. The van der Waals surface area contributed by atoms with Gasteiger partial charge in [0.05, 0.1) is 18.1 Å². The first-order chi connectivity index (χ1) is 7.65. The lowest BCUT2D eigenvalue weighted by Gasteiger charge is -2.02. The Labute approximate surface area is 99.7 Å². The number of carbonyl (C=O) groups is 1. The van der Waals surface area contributed by atoms with Gasteiger partial charge in [0, 0.05) is 11.3 Å². The molecule has 1 aromatic rings. The van der Waals surface area contributed by atoms with E-state index >= 15 is 0 Å². The molecule has 1 rings (SSSR count). The van der Waals surface area contributed by atoms with E-state index in [4.69, 9.17) is 9.26 Å². The van der Waals surface area contributed by atoms with Crippen molar-refractivity contribution in [2.45, 2.75) is 32.9 Å². The topological polar surface area (TPSA) is 52.3 Å². The van der Waals surface area contributed by atoms with E-state index in [1.807, 2.05) is 20.8 Å². The number of aryl methyl sites for hydroxylation is 2. The molecule has 0 aromatic carbocycles. The number of aromatic nitrogens is 1. The van der Waals surface area contributed by atoms with Gasteiger partial charge in [0.15, 0.2) is 0 Å². The number of nitrogens with zero attached hydrogens (tertiary/aromatic N) is 1. The van der Waals surface area contributed by atoms with Crippen LogP contribution in [0.1, 0.15) is 30.4 Å². The molecule has 0 radical (unpaired) electrons. The third-order valence-electron chi connectivity index (χ3n) is 2.11. The molecule has 90 valence electrons. The van der Waals surface area contributed by atoms with Crippen LogP contribution in [0.25, 0.3) is 0 Å². The number of hydrogen-bond acceptors (Lipinski definition) is 5. The molecule has 0 saturated carbocycles. The van der Waals surface area contributed by atoms with Crippen LogP contribution in [-0.2, 0) is 15.3 Å². The average Bonchev–Trinajstić information content (AvgIpc) is 2.57. The zero-order chi connectivity index (χ0) is 12.0. The fourth-order valence-corrected chi connectivity index (χ4v) is 2.17. The number of thioether (sulfide) groups is 1. The minimum atomic E-state index is -0.154. The molecule has 0 bridgehead atoms.